The quantitative estimate of drug-likeness (QED) is 0.351. The van der Waals surface area contributed by atoms with Crippen LogP contribution in [0.4, 0.5) is 0 Å². The summed E-state index contributed by atoms with van der Waals surface area (Å²) in [4.78, 5) is 19.8. The summed E-state index contributed by atoms with van der Waals surface area (Å²) in [6.45, 7) is -0.651. The van der Waals surface area contributed by atoms with Crippen molar-refractivity contribution in [2.45, 2.75) is 0 Å². The minimum absolute atomic E-state index is 0.158. The van der Waals surface area contributed by atoms with E-state index in [9.17, 15) is 14.7 Å². The second-order valence-corrected chi connectivity index (χ2v) is 1.93. The molecule has 0 aromatic heterocycles. The number of carbonyl (C=O) groups is 2. The monoisotopic (exact) mass is 243 g/mol. The summed E-state index contributed by atoms with van der Waals surface area (Å²) in [7, 11) is 0. The zero-order chi connectivity index (χ0) is 7.28. The van der Waals surface area contributed by atoms with Crippen LogP contribution in [0, 0.1) is 0 Å². The molecular weight excluding hydrogens is 239 g/mol. The fourth-order valence-electron chi connectivity index (χ4n) is 0.178. The van der Waals surface area contributed by atoms with Crippen LogP contribution in [0.3, 0.4) is 0 Å². The molecule has 0 heterocycles. The molecule has 0 aliphatic heterocycles. The molecule has 0 aliphatic carbocycles. The average Bonchev–Trinajstić information content (AvgIpc) is 1.83. The standard InChI is InChI=1S/C4H5IO4/c5-1-4(8)9-2-3(6)7/h1-2H2,(H,6,7)/p-1. The van der Waals surface area contributed by atoms with Gasteiger partial charge in [0.15, 0.2) is 0 Å². The molecule has 0 amide bonds. The number of ether oxygens (including phenoxy) is 1. The minimum atomic E-state index is -1.38. The van der Waals surface area contributed by atoms with E-state index in [0.717, 1.165) is 0 Å². The molecule has 9 heavy (non-hydrogen) atoms. The molecule has 0 unspecified atom stereocenters. The predicted octanol–water partition coefficient (Wildman–Crippen LogP) is -1.29. The number of hydrogen-bond donors (Lipinski definition) is 0. The van der Waals surface area contributed by atoms with Crippen LogP contribution in [0.25, 0.3) is 0 Å². The topological polar surface area (TPSA) is 66.4 Å². The Labute approximate surface area is 65.3 Å². The summed E-state index contributed by atoms with van der Waals surface area (Å²) in [6, 6.07) is 0. The Morgan fingerprint density at radius 1 is 1.56 bits per heavy atom. The highest BCUT2D eigenvalue weighted by Crippen LogP contribution is 1.84. The highest BCUT2D eigenvalue weighted by molar-refractivity contribution is 14.1. The van der Waals surface area contributed by atoms with Gasteiger partial charge in [-0.1, -0.05) is 22.6 Å². The number of esters is 1. The Balaban J connectivity index is 3.28. The van der Waals surface area contributed by atoms with Gasteiger partial charge in [-0.25, -0.2) is 0 Å². The van der Waals surface area contributed by atoms with Gasteiger partial charge in [0, 0.05) is 0 Å². The number of carbonyl (C=O) groups excluding carboxylic acids is 2. The van der Waals surface area contributed by atoms with Gasteiger partial charge in [-0.15, -0.1) is 0 Å². The van der Waals surface area contributed by atoms with Crippen molar-refractivity contribution in [1.82, 2.24) is 0 Å². The summed E-state index contributed by atoms with van der Waals surface area (Å²) >= 11 is 1.77. The van der Waals surface area contributed by atoms with Crippen LogP contribution < -0.4 is 5.11 Å². The van der Waals surface area contributed by atoms with E-state index in [1.54, 1.807) is 22.6 Å². The maximum atomic E-state index is 10.2. The lowest BCUT2D eigenvalue weighted by molar-refractivity contribution is -0.308. The first-order valence-corrected chi connectivity index (χ1v) is 3.61. The zero-order valence-electron chi connectivity index (χ0n) is 4.43. The second-order valence-electron chi connectivity index (χ2n) is 1.17. The lowest BCUT2D eigenvalue weighted by atomic mass is 10.7. The number of rotatable bonds is 3. The Kier molecular flexibility index (Phi) is 4.37. The Bertz CT molecular complexity index is 122. The van der Waals surface area contributed by atoms with E-state index in [1.807, 2.05) is 0 Å². The molecule has 0 bridgehead atoms. The Hall–Kier alpha value is -0.330. The van der Waals surface area contributed by atoms with Gasteiger partial charge in [0.2, 0.25) is 0 Å². The van der Waals surface area contributed by atoms with Crippen molar-refractivity contribution in [3.63, 3.8) is 0 Å². The Morgan fingerprint density at radius 2 is 2.11 bits per heavy atom. The highest BCUT2D eigenvalue weighted by Gasteiger charge is 1.96. The van der Waals surface area contributed by atoms with Gasteiger partial charge in [0.1, 0.15) is 6.61 Å². The molecule has 0 saturated heterocycles. The minimum Gasteiger partial charge on any atom is -0.546 e. The summed E-state index contributed by atoms with van der Waals surface area (Å²) in [5.74, 6) is -1.92. The molecule has 0 saturated carbocycles. The highest BCUT2D eigenvalue weighted by atomic mass is 127. The zero-order valence-corrected chi connectivity index (χ0v) is 6.58. The molecule has 0 atom stereocenters. The van der Waals surface area contributed by atoms with Crippen LogP contribution in [0.2, 0.25) is 0 Å². The van der Waals surface area contributed by atoms with Crippen LogP contribution in [0.5, 0.6) is 0 Å². The first-order chi connectivity index (χ1) is 4.16. The summed E-state index contributed by atoms with van der Waals surface area (Å²) in [5, 5.41) is 9.63. The van der Waals surface area contributed by atoms with Crippen LogP contribution in [0.15, 0.2) is 0 Å². The molecule has 5 heteroatoms. The number of hydrogen-bond acceptors (Lipinski definition) is 4. The van der Waals surface area contributed by atoms with Crippen molar-refractivity contribution in [1.29, 1.82) is 0 Å². The van der Waals surface area contributed by atoms with Gasteiger partial charge in [0.25, 0.3) is 0 Å². The number of carboxylic acid groups (broad SMARTS) is 1. The van der Waals surface area contributed by atoms with Gasteiger partial charge in [-0.2, -0.15) is 0 Å². The maximum Gasteiger partial charge on any atom is 0.316 e. The number of carboxylic acids is 1. The molecule has 0 fully saturated rings. The molecule has 0 aromatic carbocycles. The predicted molar refractivity (Wildman–Crippen MR) is 34.9 cm³/mol. The number of alkyl halides is 1. The molecule has 4 nitrogen and oxygen atoms in total. The van der Waals surface area contributed by atoms with E-state index in [1.165, 1.54) is 0 Å². The fraction of sp³-hybridized carbons (Fsp3) is 0.500. The summed E-state index contributed by atoms with van der Waals surface area (Å²) < 4.78 is 4.30. The van der Waals surface area contributed by atoms with E-state index in [2.05, 4.69) is 4.74 Å². The number of aliphatic carboxylic acids is 1. The van der Waals surface area contributed by atoms with Gasteiger partial charge in [-0.05, 0) is 0 Å². The molecule has 0 N–H and O–H groups in total. The van der Waals surface area contributed by atoms with Crippen molar-refractivity contribution < 1.29 is 19.4 Å². The third-order valence-corrected chi connectivity index (χ3v) is 1.08. The third kappa shape index (κ3) is 5.54. The van der Waals surface area contributed by atoms with Gasteiger partial charge in [-0.3, -0.25) is 4.79 Å². The van der Waals surface area contributed by atoms with Crippen LogP contribution in [0.1, 0.15) is 0 Å². The van der Waals surface area contributed by atoms with Gasteiger partial charge >= 0.3 is 5.97 Å². The fourth-order valence-corrected chi connectivity index (χ4v) is 0.398. The molecule has 0 aliphatic rings. The third-order valence-electron chi connectivity index (χ3n) is 0.460. The van der Waals surface area contributed by atoms with E-state index in [-0.39, 0.29) is 4.43 Å². The molecule has 0 radical (unpaired) electrons. The molecule has 0 spiro atoms. The van der Waals surface area contributed by atoms with E-state index >= 15 is 0 Å². The SMILES string of the molecule is O=C([O-])COC(=O)CI. The van der Waals surface area contributed by atoms with E-state index in [4.69, 9.17) is 0 Å². The molecule has 0 aromatic rings. The van der Waals surface area contributed by atoms with Crippen molar-refractivity contribution in [3.8, 4) is 0 Å². The molecule has 52 valence electrons. The van der Waals surface area contributed by atoms with Crippen LogP contribution >= 0.6 is 22.6 Å². The first kappa shape index (κ1) is 8.67. The Morgan fingerprint density at radius 3 is 2.44 bits per heavy atom. The lowest BCUT2D eigenvalue weighted by Crippen LogP contribution is -2.29. The van der Waals surface area contributed by atoms with Crippen molar-refractivity contribution in [3.05, 3.63) is 0 Å². The van der Waals surface area contributed by atoms with Crippen molar-refractivity contribution in [2.75, 3.05) is 11.0 Å². The average molecular weight is 243 g/mol. The second kappa shape index (κ2) is 4.54. The lowest BCUT2D eigenvalue weighted by Gasteiger charge is -2.01. The van der Waals surface area contributed by atoms with Crippen LogP contribution in [-0.2, 0) is 14.3 Å². The molecule has 0 rings (SSSR count). The van der Waals surface area contributed by atoms with Gasteiger partial charge in [0.05, 0.1) is 10.4 Å². The largest absolute Gasteiger partial charge is 0.546 e. The normalized spacial score (nSPS) is 8.56. The number of halogens is 1. The smallest absolute Gasteiger partial charge is 0.316 e. The summed E-state index contributed by atoms with van der Waals surface area (Å²) in [5.41, 5.74) is 0. The first-order valence-electron chi connectivity index (χ1n) is 2.08. The van der Waals surface area contributed by atoms with Crippen LogP contribution in [-0.4, -0.2) is 23.0 Å². The van der Waals surface area contributed by atoms with Crippen molar-refractivity contribution >= 4 is 34.5 Å². The van der Waals surface area contributed by atoms with E-state index in [0.29, 0.717) is 0 Å². The van der Waals surface area contributed by atoms with E-state index < -0.39 is 18.5 Å². The van der Waals surface area contributed by atoms with Crippen molar-refractivity contribution in [2.24, 2.45) is 0 Å². The van der Waals surface area contributed by atoms with Gasteiger partial charge < -0.3 is 14.6 Å². The maximum absolute atomic E-state index is 10.2. The molecular formula is C4H4IO4-. The summed E-state index contributed by atoms with van der Waals surface area (Å²) in [6.07, 6.45) is 0.